The highest BCUT2D eigenvalue weighted by Gasteiger charge is 2.18. The maximum absolute atomic E-state index is 12.3. The Balaban J connectivity index is 1.97. The largest absolute Gasteiger partial charge is 0.483 e. The molecule has 128 valence electrons. The van der Waals surface area contributed by atoms with Gasteiger partial charge in [-0.2, -0.15) is 0 Å². The maximum atomic E-state index is 12.3. The van der Waals surface area contributed by atoms with Gasteiger partial charge in [0.1, 0.15) is 18.3 Å². The van der Waals surface area contributed by atoms with Crippen molar-refractivity contribution in [2.45, 2.75) is 6.04 Å². The number of benzene rings is 2. The molecule has 0 saturated heterocycles. The van der Waals surface area contributed by atoms with Crippen molar-refractivity contribution in [3.05, 3.63) is 63.6 Å². The predicted molar refractivity (Wildman–Crippen MR) is 99.7 cm³/mol. The summed E-state index contributed by atoms with van der Waals surface area (Å²) in [4.78, 5) is 13.5. The second-order valence-electron chi connectivity index (χ2n) is 5.81. The lowest BCUT2D eigenvalue weighted by molar-refractivity contribution is -0.860. The number of ether oxygens (including phenoxy) is 1. The molecule has 0 aliphatic rings. The number of amides is 1. The van der Waals surface area contributed by atoms with Crippen LogP contribution in [-0.4, -0.2) is 33.2 Å². The van der Waals surface area contributed by atoms with Gasteiger partial charge in [0.25, 0.3) is 5.91 Å². The maximum Gasteiger partial charge on any atom is 0.258 e. The number of carbonyl (C=O) groups excluding carboxylic acids is 1. The third-order valence-corrected chi connectivity index (χ3v) is 4.26. The van der Waals surface area contributed by atoms with Crippen LogP contribution in [-0.2, 0) is 4.79 Å². The first-order chi connectivity index (χ1) is 11.5. The van der Waals surface area contributed by atoms with E-state index in [1.54, 1.807) is 18.2 Å². The number of nitrogens with one attached hydrogen (secondary N) is 2. The summed E-state index contributed by atoms with van der Waals surface area (Å²) in [6.45, 7) is 0.743. The molecule has 2 aromatic rings. The molecule has 0 bridgehead atoms. The van der Waals surface area contributed by atoms with Gasteiger partial charge in [0.15, 0.2) is 6.61 Å². The van der Waals surface area contributed by atoms with E-state index in [9.17, 15) is 4.79 Å². The lowest BCUT2D eigenvalue weighted by atomic mass is 10.1. The number of quaternary nitrogens is 1. The van der Waals surface area contributed by atoms with Crippen molar-refractivity contribution in [1.82, 2.24) is 5.32 Å². The summed E-state index contributed by atoms with van der Waals surface area (Å²) in [6.07, 6.45) is 0. The number of likely N-dealkylation sites (N-methyl/N-ethyl adjacent to an activating group) is 1. The van der Waals surface area contributed by atoms with Gasteiger partial charge in [0, 0.05) is 5.02 Å². The van der Waals surface area contributed by atoms with Crippen molar-refractivity contribution >= 4 is 33.4 Å². The molecular formula is C18H21BrClN2O2+. The van der Waals surface area contributed by atoms with Crippen LogP contribution in [0.3, 0.4) is 0 Å². The van der Waals surface area contributed by atoms with E-state index in [0.29, 0.717) is 10.8 Å². The van der Waals surface area contributed by atoms with Crippen LogP contribution >= 0.6 is 27.5 Å². The zero-order chi connectivity index (χ0) is 17.5. The number of hydrogen-bond acceptors (Lipinski definition) is 2. The smallest absolute Gasteiger partial charge is 0.258 e. The van der Waals surface area contributed by atoms with Crippen molar-refractivity contribution in [2.24, 2.45) is 0 Å². The van der Waals surface area contributed by atoms with Gasteiger partial charge in [-0.05, 0) is 39.7 Å². The summed E-state index contributed by atoms with van der Waals surface area (Å²) in [5.74, 6) is 0.427. The SMILES string of the molecule is C[NH+](C)C[C@H](NC(=O)COc1ccc(Cl)cc1Br)c1ccccc1. The topological polar surface area (TPSA) is 42.8 Å². The van der Waals surface area contributed by atoms with E-state index in [0.717, 1.165) is 16.6 Å². The average Bonchev–Trinajstić information content (AvgIpc) is 2.54. The second-order valence-corrected chi connectivity index (χ2v) is 7.10. The van der Waals surface area contributed by atoms with Crippen LogP contribution in [0.1, 0.15) is 11.6 Å². The Labute approximate surface area is 155 Å². The zero-order valence-corrected chi connectivity index (χ0v) is 16.0. The van der Waals surface area contributed by atoms with E-state index in [-0.39, 0.29) is 18.6 Å². The third kappa shape index (κ3) is 5.82. The van der Waals surface area contributed by atoms with Crippen LogP contribution in [0, 0.1) is 0 Å². The monoisotopic (exact) mass is 411 g/mol. The molecule has 4 nitrogen and oxygen atoms in total. The fourth-order valence-corrected chi connectivity index (χ4v) is 3.11. The Bertz CT molecular complexity index is 680. The van der Waals surface area contributed by atoms with Crippen LogP contribution in [0.4, 0.5) is 0 Å². The van der Waals surface area contributed by atoms with Crippen LogP contribution in [0.2, 0.25) is 5.02 Å². The van der Waals surface area contributed by atoms with Gasteiger partial charge in [-0.15, -0.1) is 0 Å². The van der Waals surface area contributed by atoms with Crippen LogP contribution < -0.4 is 15.0 Å². The Morgan fingerprint density at radius 2 is 1.96 bits per heavy atom. The Morgan fingerprint density at radius 3 is 2.58 bits per heavy atom. The molecule has 1 amide bonds. The fourth-order valence-electron chi connectivity index (χ4n) is 2.32. The molecule has 0 fully saturated rings. The number of hydrogen-bond donors (Lipinski definition) is 2. The van der Waals surface area contributed by atoms with Crippen LogP contribution in [0.15, 0.2) is 53.0 Å². The molecule has 2 aromatic carbocycles. The molecule has 0 radical (unpaired) electrons. The highest BCUT2D eigenvalue weighted by Crippen LogP contribution is 2.27. The number of carbonyl (C=O) groups is 1. The van der Waals surface area contributed by atoms with Gasteiger partial charge in [-0.1, -0.05) is 41.9 Å². The Hall–Kier alpha value is -1.56. The highest BCUT2D eigenvalue weighted by atomic mass is 79.9. The molecule has 1 atom stereocenters. The van der Waals surface area contributed by atoms with E-state index in [4.69, 9.17) is 16.3 Å². The van der Waals surface area contributed by atoms with E-state index >= 15 is 0 Å². The van der Waals surface area contributed by atoms with Gasteiger partial charge < -0.3 is 15.0 Å². The van der Waals surface area contributed by atoms with E-state index in [2.05, 4.69) is 35.3 Å². The zero-order valence-electron chi connectivity index (χ0n) is 13.7. The first-order valence-corrected chi connectivity index (χ1v) is 8.84. The van der Waals surface area contributed by atoms with Gasteiger partial charge in [-0.25, -0.2) is 0 Å². The molecule has 0 spiro atoms. The standard InChI is InChI=1S/C18H20BrClN2O2/c1-22(2)11-16(13-6-4-3-5-7-13)21-18(23)12-24-17-9-8-14(20)10-15(17)19/h3-10,16H,11-12H2,1-2H3,(H,21,23)/p+1/t16-/m0/s1. The first kappa shape index (κ1) is 18.8. The molecule has 0 unspecified atom stereocenters. The molecule has 24 heavy (non-hydrogen) atoms. The summed E-state index contributed by atoms with van der Waals surface area (Å²) in [6, 6.07) is 15.1. The summed E-state index contributed by atoms with van der Waals surface area (Å²) in [5.41, 5.74) is 1.08. The summed E-state index contributed by atoms with van der Waals surface area (Å²) < 4.78 is 6.29. The third-order valence-electron chi connectivity index (χ3n) is 3.40. The van der Waals surface area contributed by atoms with Crippen LogP contribution in [0.5, 0.6) is 5.75 Å². The van der Waals surface area contributed by atoms with Gasteiger partial charge in [-0.3, -0.25) is 4.79 Å². The minimum absolute atomic E-state index is 0.0493. The van der Waals surface area contributed by atoms with Gasteiger partial charge >= 0.3 is 0 Å². The Morgan fingerprint density at radius 1 is 1.25 bits per heavy atom. The molecule has 0 aliphatic carbocycles. The molecule has 2 N–H and O–H groups in total. The van der Waals surface area contributed by atoms with Crippen molar-refractivity contribution in [3.8, 4) is 5.75 Å². The van der Waals surface area contributed by atoms with Crippen LogP contribution in [0.25, 0.3) is 0 Å². The number of halogens is 2. The highest BCUT2D eigenvalue weighted by molar-refractivity contribution is 9.10. The molecule has 0 aliphatic heterocycles. The van der Waals surface area contributed by atoms with Gasteiger partial charge in [0.2, 0.25) is 0 Å². The number of rotatable bonds is 7. The summed E-state index contributed by atoms with van der Waals surface area (Å²) in [7, 11) is 4.12. The minimum atomic E-state index is -0.160. The first-order valence-electron chi connectivity index (χ1n) is 7.67. The van der Waals surface area contributed by atoms with Gasteiger partial charge in [0.05, 0.1) is 18.6 Å². The molecule has 0 saturated carbocycles. The normalized spacial score (nSPS) is 12.0. The van der Waals surface area contributed by atoms with Crippen molar-refractivity contribution in [3.63, 3.8) is 0 Å². The quantitative estimate of drug-likeness (QED) is 0.734. The lowest BCUT2D eigenvalue weighted by Crippen LogP contribution is -3.06. The summed E-state index contributed by atoms with van der Waals surface area (Å²) in [5, 5.41) is 3.65. The molecule has 6 heteroatoms. The summed E-state index contributed by atoms with van der Waals surface area (Å²) >= 11 is 9.27. The van der Waals surface area contributed by atoms with E-state index < -0.39 is 0 Å². The molecule has 2 rings (SSSR count). The molecular weight excluding hydrogens is 392 g/mol. The minimum Gasteiger partial charge on any atom is -0.483 e. The predicted octanol–water partition coefficient (Wildman–Crippen LogP) is 2.48. The lowest BCUT2D eigenvalue weighted by Gasteiger charge is -2.21. The van der Waals surface area contributed by atoms with Crippen molar-refractivity contribution in [1.29, 1.82) is 0 Å². The molecule has 0 aromatic heterocycles. The van der Waals surface area contributed by atoms with E-state index in [1.807, 2.05) is 30.3 Å². The molecule has 0 heterocycles. The fraction of sp³-hybridized carbons (Fsp3) is 0.278. The second kappa shape index (κ2) is 9.06. The van der Waals surface area contributed by atoms with E-state index in [1.165, 1.54) is 4.90 Å². The average molecular weight is 413 g/mol. The van der Waals surface area contributed by atoms with Crippen molar-refractivity contribution in [2.75, 3.05) is 27.2 Å². The van der Waals surface area contributed by atoms with Crippen molar-refractivity contribution < 1.29 is 14.4 Å². The Kier molecular flexibility index (Phi) is 7.09.